The van der Waals surface area contributed by atoms with Crippen molar-refractivity contribution in [3.05, 3.63) is 12.2 Å². The number of hydrogen-bond donors (Lipinski definition) is 2. The normalized spacial score (nSPS) is 20.2. The van der Waals surface area contributed by atoms with Crippen LogP contribution in [0.2, 0.25) is 0 Å². The predicted octanol–water partition coefficient (Wildman–Crippen LogP) is 2.61. The van der Waals surface area contributed by atoms with Crippen molar-refractivity contribution in [1.29, 1.82) is 0 Å². The van der Waals surface area contributed by atoms with Crippen LogP contribution in [-0.4, -0.2) is 76.8 Å². The molecule has 0 unspecified atom stereocenters. The largest absolute Gasteiger partial charge is 0.357 e. The van der Waals surface area contributed by atoms with Crippen molar-refractivity contribution < 1.29 is 0 Å². The zero-order valence-electron chi connectivity index (χ0n) is 17.0. The molecule has 0 bridgehead atoms. The summed E-state index contributed by atoms with van der Waals surface area (Å²) in [5, 5.41) is 10.5. The molecule has 3 rings (SSSR count). The summed E-state index contributed by atoms with van der Waals surface area (Å²) >= 11 is 0. The third kappa shape index (κ3) is 6.48. The van der Waals surface area contributed by atoms with E-state index in [4.69, 9.17) is 4.99 Å². The smallest absolute Gasteiger partial charge is 0.193 e. The van der Waals surface area contributed by atoms with Crippen LogP contribution in [0.4, 0.5) is 0 Å². The molecular weight excluding hydrogens is 338 g/mol. The molecule has 0 aliphatic carbocycles. The van der Waals surface area contributed by atoms with Crippen LogP contribution < -0.4 is 5.32 Å². The highest BCUT2D eigenvalue weighted by Crippen LogP contribution is 2.24. The molecule has 27 heavy (non-hydrogen) atoms. The minimum Gasteiger partial charge on any atom is -0.357 e. The summed E-state index contributed by atoms with van der Waals surface area (Å²) < 4.78 is 0. The lowest BCUT2D eigenvalue weighted by Crippen LogP contribution is -2.45. The highest BCUT2D eigenvalue weighted by atomic mass is 15.3. The van der Waals surface area contributed by atoms with E-state index in [0.717, 1.165) is 50.8 Å². The molecule has 0 amide bonds. The third-order valence-electron chi connectivity index (χ3n) is 5.79. The van der Waals surface area contributed by atoms with Crippen molar-refractivity contribution >= 4 is 5.96 Å². The second-order valence-corrected chi connectivity index (χ2v) is 7.83. The van der Waals surface area contributed by atoms with Crippen LogP contribution in [0.5, 0.6) is 0 Å². The molecule has 7 heteroatoms. The molecule has 1 aromatic rings. The zero-order valence-corrected chi connectivity index (χ0v) is 17.0. The summed E-state index contributed by atoms with van der Waals surface area (Å²) in [6.07, 6.45) is 11.8. The quantitative estimate of drug-likeness (QED) is 0.415. The third-order valence-corrected chi connectivity index (χ3v) is 5.79. The number of aromatic amines is 1. The van der Waals surface area contributed by atoms with Crippen LogP contribution in [-0.2, 0) is 0 Å². The molecule has 2 saturated heterocycles. The van der Waals surface area contributed by atoms with Crippen LogP contribution in [0.1, 0.15) is 70.0 Å². The Morgan fingerprint density at radius 2 is 1.96 bits per heavy atom. The Morgan fingerprint density at radius 1 is 1.15 bits per heavy atom. The number of hydrogen-bond acceptors (Lipinski definition) is 4. The molecular formula is C20H37N7. The zero-order chi connectivity index (χ0) is 18.7. The topological polar surface area (TPSA) is 72.4 Å². The van der Waals surface area contributed by atoms with Gasteiger partial charge in [-0.2, -0.15) is 5.10 Å². The Bertz CT molecular complexity index is 529. The molecule has 2 fully saturated rings. The lowest BCUT2D eigenvalue weighted by atomic mass is 9.96. The van der Waals surface area contributed by atoms with E-state index in [2.05, 4.69) is 37.2 Å². The summed E-state index contributed by atoms with van der Waals surface area (Å²) in [6, 6.07) is 0. The summed E-state index contributed by atoms with van der Waals surface area (Å²) in [6.45, 7) is 9.98. The molecule has 0 aromatic carbocycles. The molecule has 0 saturated carbocycles. The van der Waals surface area contributed by atoms with E-state index < -0.39 is 0 Å². The Balaban J connectivity index is 1.35. The number of likely N-dealkylation sites (tertiary alicyclic amines) is 2. The van der Waals surface area contributed by atoms with E-state index in [1.165, 1.54) is 58.2 Å². The van der Waals surface area contributed by atoms with Gasteiger partial charge in [0, 0.05) is 32.1 Å². The Hall–Kier alpha value is -1.63. The second kappa shape index (κ2) is 11.3. The first kappa shape index (κ1) is 20.1. The van der Waals surface area contributed by atoms with Gasteiger partial charge in [0.25, 0.3) is 0 Å². The number of piperidine rings is 2. The maximum Gasteiger partial charge on any atom is 0.193 e. The number of nitrogens with one attached hydrogen (secondary N) is 2. The van der Waals surface area contributed by atoms with Crippen LogP contribution in [0.25, 0.3) is 0 Å². The predicted molar refractivity (Wildman–Crippen MR) is 110 cm³/mol. The summed E-state index contributed by atoms with van der Waals surface area (Å²) in [5.74, 6) is 2.62. The van der Waals surface area contributed by atoms with E-state index in [9.17, 15) is 0 Å². The highest BCUT2D eigenvalue weighted by molar-refractivity contribution is 5.80. The van der Waals surface area contributed by atoms with Crippen LogP contribution >= 0.6 is 0 Å². The number of rotatable bonds is 8. The number of aliphatic imine (C=N–C) groups is 1. The fourth-order valence-corrected chi connectivity index (χ4v) is 4.19. The summed E-state index contributed by atoms with van der Waals surface area (Å²) in [4.78, 5) is 14.3. The van der Waals surface area contributed by atoms with Crippen molar-refractivity contribution in [3.63, 3.8) is 0 Å². The van der Waals surface area contributed by atoms with Gasteiger partial charge in [0.15, 0.2) is 5.96 Å². The van der Waals surface area contributed by atoms with Crippen molar-refractivity contribution in [2.75, 3.05) is 45.8 Å². The lowest BCUT2D eigenvalue weighted by Gasteiger charge is -2.33. The molecule has 1 aromatic heterocycles. The van der Waals surface area contributed by atoms with Gasteiger partial charge in [-0.25, -0.2) is 4.98 Å². The van der Waals surface area contributed by atoms with Crippen molar-refractivity contribution in [2.24, 2.45) is 4.99 Å². The first-order chi connectivity index (χ1) is 13.4. The van der Waals surface area contributed by atoms with Gasteiger partial charge in [-0.1, -0.05) is 12.8 Å². The average Bonchev–Trinajstić information content (AvgIpc) is 3.25. The summed E-state index contributed by atoms with van der Waals surface area (Å²) in [7, 11) is 0. The van der Waals surface area contributed by atoms with Crippen molar-refractivity contribution in [3.8, 4) is 0 Å². The van der Waals surface area contributed by atoms with Gasteiger partial charge in [0.1, 0.15) is 12.2 Å². The van der Waals surface area contributed by atoms with Gasteiger partial charge < -0.3 is 15.1 Å². The highest BCUT2D eigenvalue weighted by Gasteiger charge is 2.24. The second-order valence-electron chi connectivity index (χ2n) is 7.83. The molecule has 3 heterocycles. The standard InChI is InChI=1S/C20H37N7/c1-2-21-20(22-11-5-3-6-12-26-13-7-4-8-14-26)27-15-9-18(10-16-27)19-23-17-24-25-19/h17-18H,2-16H2,1H3,(H,21,22)(H,23,24,25). The Kier molecular flexibility index (Phi) is 8.39. The fourth-order valence-electron chi connectivity index (χ4n) is 4.19. The number of guanidine groups is 1. The molecule has 7 nitrogen and oxygen atoms in total. The van der Waals surface area contributed by atoms with Crippen LogP contribution in [0, 0.1) is 0 Å². The molecule has 0 radical (unpaired) electrons. The van der Waals surface area contributed by atoms with Gasteiger partial charge in [0.05, 0.1) is 0 Å². The maximum atomic E-state index is 4.89. The fraction of sp³-hybridized carbons (Fsp3) is 0.850. The average molecular weight is 376 g/mol. The summed E-state index contributed by atoms with van der Waals surface area (Å²) in [5.41, 5.74) is 0. The maximum absolute atomic E-state index is 4.89. The molecule has 152 valence electrons. The van der Waals surface area contributed by atoms with Gasteiger partial charge in [-0.3, -0.25) is 10.1 Å². The van der Waals surface area contributed by atoms with E-state index in [1.807, 2.05) is 0 Å². The minimum absolute atomic E-state index is 0.501. The Morgan fingerprint density at radius 3 is 2.67 bits per heavy atom. The van der Waals surface area contributed by atoms with Crippen molar-refractivity contribution in [2.45, 2.75) is 64.2 Å². The van der Waals surface area contributed by atoms with Gasteiger partial charge >= 0.3 is 0 Å². The van der Waals surface area contributed by atoms with E-state index >= 15 is 0 Å². The number of nitrogens with zero attached hydrogens (tertiary/aromatic N) is 5. The van der Waals surface area contributed by atoms with E-state index in [-0.39, 0.29) is 0 Å². The monoisotopic (exact) mass is 375 g/mol. The first-order valence-electron chi connectivity index (χ1n) is 11.0. The van der Waals surface area contributed by atoms with E-state index in [1.54, 1.807) is 6.33 Å². The minimum atomic E-state index is 0.501. The number of H-pyrrole nitrogens is 1. The Labute approximate surface area is 164 Å². The lowest BCUT2D eigenvalue weighted by molar-refractivity contribution is 0.224. The van der Waals surface area contributed by atoms with Crippen LogP contribution in [0.3, 0.4) is 0 Å². The van der Waals surface area contributed by atoms with Gasteiger partial charge in [-0.05, 0) is 65.1 Å². The molecule has 2 N–H and O–H groups in total. The SMILES string of the molecule is CCNC(=NCCCCCN1CCCCC1)N1CCC(c2ncn[nH]2)CC1. The molecule has 2 aliphatic rings. The van der Waals surface area contributed by atoms with Gasteiger partial charge in [0.2, 0.25) is 0 Å². The molecule has 0 spiro atoms. The van der Waals surface area contributed by atoms with E-state index in [0.29, 0.717) is 5.92 Å². The van der Waals surface area contributed by atoms with Crippen molar-refractivity contribution in [1.82, 2.24) is 30.3 Å². The number of aromatic nitrogens is 3. The molecule has 2 aliphatic heterocycles. The van der Waals surface area contributed by atoms with Crippen LogP contribution in [0.15, 0.2) is 11.3 Å². The molecule has 0 atom stereocenters. The number of unbranched alkanes of at least 4 members (excludes halogenated alkanes) is 2. The van der Waals surface area contributed by atoms with Gasteiger partial charge in [-0.15, -0.1) is 0 Å². The first-order valence-corrected chi connectivity index (χ1v) is 11.0.